The number of halogens is 1. The molecule has 0 bridgehead atoms. The molecule has 17 heavy (non-hydrogen) atoms. The van der Waals surface area contributed by atoms with Crippen LogP contribution in [-0.4, -0.2) is 5.97 Å². The second-order valence-corrected chi connectivity index (χ2v) is 4.83. The Morgan fingerprint density at radius 2 is 1.82 bits per heavy atom. The number of rotatable bonds is 2. The lowest BCUT2D eigenvalue weighted by atomic mass is 10.1. The van der Waals surface area contributed by atoms with Gasteiger partial charge in [0.25, 0.3) is 0 Å². The molecule has 0 amide bonds. The molecule has 0 unspecified atom stereocenters. The normalized spacial score (nSPS) is 10.0. The van der Waals surface area contributed by atoms with E-state index in [4.69, 9.17) is 4.74 Å². The molecule has 0 radical (unpaired) electrons. The zero-order chi connectivity index (χ0) is 12.3. The lowest BCUT2D eigenvalue weighted by molar-refractivity contribution is 0.0734. The summed E-state index contributed by atoms with van der Waals surface area (Å²) in [6, 6.07) is 14.6. The van der Waals surface area contributed by atoms with Crippen molar-refractivity contribution in [2.45, 2.75) is 6.92 Å². The van der Waals surface area contributed by atoms with Gasteiger partial charge in [-0.3, -0.25) is 0 Å². The van der Waals surface area contributed by atoms with E-state index in [1.807, 2.05) is 37.3 Å². The van der Waals surface area contributed by atoms with Crippen molar-refractivity contribution in [2.24, 2.45) is 0 Å². The maximum Gasteiger partial charge on any atom is 0.343 e. The van der Waals surface area contributed by atoms with Crippen LogP contribution in [0.3, 0.4) is 0 Å². The van der Waals surface area contributed by atoms with Crippen molar-refractivity contribution in [1.29, 1.82) is 0 Å². The summed E-state index contributed by atoms with van der Waals surface area (Å²) >= 11 is 2.21. The van der Waals surface area contributed by atoms with Crippen molar-refractivity contribution in [3.05, 3.63) is 63.2 Å². The number of ether oxygens (including phenoxy) is 1. The highest BCUT2D eigenvalue weighted by atomic mass is 127. The highest BCUT2D eigenvalue weighted by Gasteiger charge is 2.09. The number of benzene rings is 2. The topological polar surface area (TPSA) is 26.3 Å². The fraction of sp³-hybridized carbons (Fsp3) is 0.0714. The van der Waals surface area contributed by atoms with E-state index in [9.17, 15) is 4.79 Å². The van der Waals surface area contributed by atoms with Gasteiger partial charge in [0.2, 0.25) is 0 Å². The van der Waals surface area contributed by atoms with E-state index in [2.05, 4.69) is 22.6 Å². The second-order valence-electron chi connectivity index (χ2n) is 3.67. The molecule has 2 nitrogen and oxygen atoms in total. The lowest BCUT2D eigenvalue weighted by Crippen LogP contribution is -2.08. The Balaban J connectivity index is 2.18. The average molecular weight is 338 g/mol. The average Bonchev–Trinajstić information content (AvgIpc) is 2.34. The van der Waals surface area contributed by atoms with Gasteiger partial charge in [0.15, 0.2) is 0 Å². The summed E-state index contributed by atoms with van der Waals surface area (Å²) in [6.07, 6.45) is 0. The molecule has 0 atom stereocenters. The van der Waals surface area contributed by atoms with Crippen molar-refractivity contribution >= 4 is 28.6 Å². The van der Waals surface area contributed by atoms with Gasteiger partial charge in [-0.25, -0.2) is 4.79 Å². The third-order valence-electron chi connectivity index (χ3n) is 2.36. The molecule has 0 aliphatic rings. The van der Waals surface area contributed by atoms with E-state index in [0.29, 0.717) is 11.3 Å². The van der Waals surface area contributed by atoms with Crippen molar-refractivity contribution in [2.75, 3.05) is 0 Å². The Morgan fingerprint density at radius 3 is 2.47 bits per heavy atom. The maximum atomic E-state index is 11.9. The van der Waals surface area contributed by atoms with Gasteiger partial charge in [-0.1, -0.05) is 24.3 Å². The van der Waals surface area contributed by atoms with Crippen molar-refractivity contribution in [1.82, 2.24) is 0 Å². The number of para-hydroxylation sites is 1. The van der Waals surface area contributed by atoms with Crippen LogP contribution in [0.2, 0.25) is 0 Å². The molecule has 0 spiro atoms. The van der Waals surface area contributed by atoms with Crippen molar-refractivity contribution < 1.29 is 9.53 Å². The third kappa shape index (κ3) is 3.06. The van der Waals surface area contributed by atoms with E-state index in [1.54, 1.807) is 18.2 Å². The summed E-state index contributed by atoms with van der Waals surface area (Å²) < 4.78 is 6.31. The SMILES string of the molecule is Cc1ccc(C(=O)Oc2ccccc2)cc1I. The Kier molecular flexibility index (Phi) is 3.78. The Labute approximate surface area is 114 Å². The molecule has 0 N–H and O–H groups in total. The van der Waals surface area contributed by atoms with E-state index in [1.165, 1.54) is 0 Å². The first-order valence-electron chi connectivity index (χ1n) is 5.20. The summed E-state index contributed by atoms with van der Waals surface area (Å²) in [5.41, 5.74) is 1.73. The van der Waals surface area contributed by atoms with Gasteiger partial charge in [0, 0.05) is 3.57 Å². The van der Waals surface area contributed by atoms with Crippen molar-refractivity contribution in [3.63, 3.8) is 0 Å². The first-order valence-corrected chi connectivity index (χ1v) is 6.28. The second kappa shape index (κ2) is 5.31. The van der Waals surface area contributed by atoms with Crippen LogP contribution in [0.25, 0.3) is 0 Å². The van der Waals surface area contributed by atoms with Gasteiger partial charge in [-0.2, -0.15) is 0 Å². The van der Waals surface area contributed by atoms with Crippen LogP contribution in [0.5, 0.6) is 5.75 Å². The maximum absolute atomic E-state index is 11.9. The molecule has 0 saturated heterocycles. The number of hydrogen-bond acceptors (Lipinski definition) is 2. The monoisotopic (exact) mass is 338 g/mol. The van der Waals surface area contributed by atoms with Gasteiger partial charge in [-0.15, -0.1) is 0 Å². The van der Waals surface area contributed by atoms with Crippen molar-refractivity contribution in [3.8, 4) is 5.75 Å². The highest BCUT2D eigenvalue weighted by molar-refractivity contribution is 14.1. The molecular weight excluding hydrogens is 327 g/mol. The van der Waals surface area contributed by atoms with Crippen LogP contribution in [0.1, 0.15) is 15.9 Å². The van der Waals surface area contributed by atoms with Gasteiger partial charge in [0.1, 0.15) is 5.75 Å². The first kappa shape index (κ1) is 12.1. The number of carbonyl (C=O) groups excluding carboxylic acids is 1. The van der Waals surface area contributed by atoms with Gasteiger partial charge >= 0.3 is 5.97 Å². The summed E-state index contributed by atoms with van der Waals surface area (Å²) in [4.78, 5) is 11.9. The minimum Gasteiger partial charge on any atom is -0.423 e. The molecule has 3 heteroatoms. The summed E-state index contributed by atoms with van der Waals surface area (Å²) in [5, 5.41) is 0. The fourth-order valence-electron chi connectivity index (χ4n) is 1.37. The van der Waals surface area contributed by atoms with Gasteiger partial charge in [-0.05, 0) is 59.3 Å². The van der Waals surface area contributed by atoms with E-state index < -0.39 is 0 Å². The molecule has 2 aromatic rings. The van der Waals surface area contributed by atoms with Crippen LogP contribution in [0.4, 0.5) is 0 Å². The summed E-state index contributed by atoms with van der Waals surface area (Å²) in [6.45, 7) is 2.01. The molecule has 0 aliphatic heterocycles. The quantitative estimate of drug-likeness (QED) is 0.473. The van der Waals surface area contributed by atoms with E-state index in [-0.39, 0.29) is 5.97 Å². The van der Waals surface area contributed by atoms with Crippen LogP contribution >= 0.6 is 22.6 Å². The predicted octanol–water partition coefficient (Wildman–Crippen LogP) is 3.82. The molecule has 0 aliphatic carbocycles. The van der Waals surface area contributed by atoms with Gasteiger partial charge in [0.05, 0.1) is 5.56 Å². The molecular formula is C14H11IO2. The van der Waals surface area contributed by atoms with E-state index in [0.717, 1.165) is 9.13 Å². The lowest BCUT2D eigenvalue weighted by Gasteiger charge is -2.05. The number of carbonyl (C=O) groups is 1. The smallest absolute Gasteiger partial charge is 0.343 e. The largest absolute Gasteiger partial charge is 0.423 e. The molecule has 2 aromatic carbocycles. The minimum atomic E-state index is -0.325. The Bertz CT molecular complexity index is 535. The van der Waals surface area contributed by atoms with Crippen LogP contribution in [0, 0.1) is 10.5 Å². The molecule has 2 rings (SSSR count). The van der Waals surface area contributed by atoms with Crippen LogP contribution in [-0.2, 0) is 0 Å². The Morgan fingerprint density at radius 1 is 1.12 bits per heavy atom. The molecule has 0 saturated carbocycles. The van der Waals surface area contributed by atoms with Gasteiger partial charge < -0.3 is 4.74 Å². The standard InChI is InChI=1S/C14H11IO2/c1-10-7-8-11(9-13(10)15)14(16)17-12-5-3-2-4-6-12/h2-9H,1H3. The fourth-order valence-corrected chi connectivity index (χ4v) is 1.89. The summed E-state index contributed by atoms with van der Waals surface area (Å²) in [7, 11) is 0. The van der Waals surface area contributed by atoms with Crippen LogP contribution < -0.4 is 4.74 Å². The molecule has 0 heterocycles. The predicted molar refractivity (Wildman–Crippen MR) is 75.3 cm³/mol. The highest BCUT2D eigenvalue weighted by Crippen LogP contribution is 2.16. The number of aryl methyl sites for hydroxylation is 1. The third-order valence-corrected chi connectivity index (χ3v) is 3.52. The zero-order valence-corrected chi connectivity index (χ0v) is 11.5. The summed E-state index contributed by atoms with van der Waals surface area (Å²) in [5.74, 6) is 0.238. The number of esters is 1. The molecule has 0 fully saturated rings. The first-order chi connectivity index (χ1) is 8.16. The molecule has 86 valence electrons. The van der Waals surface area contributed by atoms with E-state index >= 15 is 0 Å². The zero-order valence-electron chi connectivity index (χ0n) is 9.31. The minimum absolute atomic E-state index is 0.325. The Hall–Kier alpha value is -1.36. The molecule has 0 aromatic heterocycles. The number of hydrogen-bond donors (Lipinski definition) is 0. The van der Waals surface area contributed by atoms with Crippen LogP contribution in [0.15, 0.2) is 48.5 Å².